The molecule has 1 aromatic heterocycles. The predicted octanol–water partition coefficient (Wildman–Crippen LogP) is 10.0. The summed E-state index contributed by atoms with van der Waals surface area (Å²) in [6.45, 7) is 4.73. The summed E-state index contributed by atoms with van der Waals surface area (Å²) >= 11 is 0. The molecule has 2 nitrogen and oxygen atoms in total. The average molecular weight is 527 g/mol. The zero-order valence-corrected chi connectivity index (χ0v) is 23.5. The smallest absolute Gasteiger partial charge is 0.140 e. The van der Waals surface area contributed by atoms with Crippen molar-refractivity contribution in [3.8, 4) is 44.8 Å². The van der Waals surface area contributed by atoms with Crippen molar-refractivity contribution in [1.82, 2.24) is 9.55 Å². The van der Waals surface area contributed by atoms with Gasteiger partial charge in [-0.2, -0.15) is 0 Å². The Labute approximate surface area is 240 Å². The van der Waals surface area contributed by atoms with Gasteiger partial charge < -0.3 is 4.57 Å². The van der Waals surface area contributed by atoms with E-state index >= 15 is 0 Å². The molecule has 0 amide bonds. The van der Waals surface area contributed by atoms with Crippen LogP contribution in [-0.4, -0.2) is 9.55 Å². The molecule has 1 aliphatic rings. The first kappa shape index (κ1) is 23.9. The van der Waals surface area contributed by atoms with Crippen LogP contribution in [0.1, 0.15) is 25.0 Å². The summed E-state index contributed by atoms with van der Waals surface area (Å²) in [6, 6.07) is 46.4. The molecule has 0 atom stereocenters. The van der Waals surface area contributed by atoms with Crippen LogP contribution in [0.5, 0.6) is 0 Å². The van der Waals surface area contributed by atoms with Crippen LogP contribution < -0.4 is 0 Å². The predicted molar refractivity (Wildman–Crippen MR) is 172 cm³/mol. The molecule has 0 aliphatic heterocycles. The van der Waals surface area contributed by atoms with Gasteiger partial charge in [-0.15, -0.1) is 0 Å². The standard InChI is InChI=1S/C39H30N2/c1-39(2)34-23-28(25-15-17-27(18-16-25)38-40-36-13-6-7-14-37(36)41(38)3)19-21-32(34)33-22-20-29(24-35(33)39)31-12-8-10-26-9-4-5-11-30(26)31/h4-24H,1-3H3. The lowest BCUT2D eigenvalue weighted by Gasteiger charge is -2.23. The van der Waals surface area contributed by atoms with Gasteiger partial charge in [0, 0.05) is 18.0 Å². The molecule has 0 saturated carbocycles. The van der Waals surface area contributed by atoms with Gasteiger partial charge in [-0.25, -0.2) is 4.98 Å². The number of fused-ring (bicyclic) bond motifs is 5. The minimum Gasteiger partial charge on any atom is -0.327 e. The van der Waals surface area contributed by atoms with Crippen LogP contribution in [0.4, 0.5) is 0 Å². The van der Waals surface area contributed by atoms with Crippen LogP contribution >= 0.6 is 0 Å². The molecule has 0 saturated heterocycles. The molecule has 0 fully saturated rings. The molecule has 0 spiro atoms. The van der Waals surface area contributed by atoms with E-state index in [2.05, 4.69) is 147 Å². The third-order valence-electron chi connectivity index (χ3n) is 9.04. The summed E-state index contributed by atoms with van der Waals surface area (Å²) in [4.78, 5) is 4.88. The number of para-hydroxylation sites is 2. The first-order chi connectivity index (χ1) is 20.0. The molecule has 2 heteroatoms. The lowest BCUT2D eigenvalue weighted by Crippen LogP contribution is -2.15. The molecule has 0 unspecified atom stereocenters. The van der Waals surface area contributed by atoms with E-state index in [1.54, 1.807) is 0 Å². The van der Waals surface area contributed by atoms with E-state index in [0.717, 1.165) is 22.4 Å². The highest BCUT2D eigenvalue weighted by Crippen LogP contribution is 2.51. The Morgan fingerprint density at radius 3 is 1.93 bits per heavy atom. The van der Waals surface area contributed by atoms with Gasteiger partial charge in [-0.3, -0.25) is 0 Å². The summed E-state index contributed by atoms with van der Waals surface area (Å²) in [5.74, 6) is 0.991. The van der Waals surface area contributed by atoms with Crippen molar-refractivity contribution in [3.05, 3.63) is 139 Å². The molecule has 41 heavy (non-hydrogen) atoms. The molecule has 7 aromatic rings. The highest BCUT2D eigenvalue weighted by atomic mass is 15.1. The molecule has 1 aliphatic carbocycles. The van der Waals surface area contributed by atoms with Crippen molar-refractivity contribution in [2.75, 3.05) is 0 Å². The average Bonchev–Trinajstić information content (AvgIpc) is 3.47. The highest BCUT2D eigenvalue weighted by Gasteiger charge is 2.36. The first-order valence-electron chi connectivity index (χ1n) is 14.3. The zero-order chi connectivity index (χ0) is 27.7. The van der Waals surface area contributed by atoms with Crippen LogP contribution in [0.3, 0.4) is 0 Å². The van der Waals surface area contributed by atoms with E-state index in [1.807, 2.05) is 6.07 Å². The minimum absolute atomic E-state index is 0.0890. The van der Waals surface area contributed by atoms with Crippen molar-refractivity contribution < 1.29 is 0 Å². The lowest BCUT2D eigenvalue weighted by atomic mass is 9.80. The third-order valence-corrected chi connectivity index (χ3v) is 9.04. The summed E-state index contributed by atoms with van der Waals surface area (Å²) < 4.78 is 2.17. The molecular formula is C39H30N2. The van der Waals surface area contributed by atoms with Gasteiger partial charge in [0.25, 0.3) is 0 Å². The quantitative estimate of drug-likeness (QED) is 0.224. The number of aromatic nitrogens is 2. The maximum absolute atomic E-state index is 4.88. The molecular weight excluding hydrogens is 496 g/mol. The van der Waals surface area contributed by atoms with Crippen LogP contribution in [-0.2, 0) is 12.5 Å². The van der Waals surface area contributed by atoms with Gasteiger partial charge in [0.15, 0.2) is 0 Å². The maximum atomic E-state index is 4.88. The Hall–Kier alpha value is -4.95. The van der Waals surface area contributed by atoms with Crippen molar-refractivity contribution in [2.24, 2.45) is 7.05 Å². The fourth-order valence-corrected chi connectivity index (χ4v) is 6.78. The van der Waals surface area contributed by atoms with E-state index in [1.165, 1.54) is 55.3 Å². The maximum Gasteiger partial charge on any atom is 0.140 e. The van der Waals surface area contributed by atoms with Crippen LogP contribution in [0.2, 0.25) is 0 Å². The fourth-order valence-electron chi connectivity index (χ4n) is 6.78. The highest BCUT2D eigenvalue weighted by molar-refractivity contribution is 5.97. The number of rotatable bonds is 3. The fraction of sp³-hybridized carbons (Fsp3) is 0.103. The SMILES string of the molecule is Cn1c(-c2ccc(-c3ccc4c(c3)C(C)(C)c3cc(-c5cccc6ccccc56)ccc3-4)cc2)nc2ccccc21. The van der Waals surface area contributed by atoms with Gasteiger partial charge in [-0.05, 0) is 79.5 Å². The van der Waals surface area contributed by atoms with Gasteiger partial charge in [0.05, 0.1) is 11.0 Å². The summed E-state index contributed by atoms with van der Waals surface area (Å²) in [5.41, 5.74) is 13.7. The molecule has 6 aromatic carbocycles. The summed E-state index contributed by atoms with van der Waals surface area (Å²) in [6.07, 6.45) is 0. The monoisotopic (exact) mass is 526 g/mol. The number of benzene rings is 6. The largest absolute Gasteiger partial charge is 0.327 e. The topological polar surface area (TPSA) is 17.8 Å². The normalized spacial score (nSPS) is 13.4. The Morgan fingerprint density at radius 1 is 0.537 bits per heavy atom. The number of nitrogens with zero attached hydrogens (tertiary/aromatic N) is 2. The van der Waals surface area contributed by atoms with Gasteiger partial charge in [0.2, 0.25) is 0 Å². The molecule has 196 valence electrons. The number of imidazole rings is 1. The second-order valence-corrected chi connectivity index (χ2v) is 11.7. The third kappa shape index (κ3) is 3.61. The van der Waals surface area contributed by atoms with Crippen molar-refractivity contribution in [3.63, 3.8) is 0 Å². The Bertz CT molecular complexity index is 2120. The van der Waals surface area contributed by atoms with Gasteiger partial charge >= 0.3 is 0 Å². The van der Waals surface area contributed by atoms with Crippen molar-refractivity contribution in [1.29, 1.82) is 0 Å². The van der Waals surface area contributed by atoms with Gasteiger partial charge in [-0.1, -0.05) is 117 Å². The summed E-state index contributed by atoms with van der Waals surface area (Å²) in [7, 11) is 2.09. The number of hydrogen-bond donors (Lipinski definition) is 0. The van der Waals surface area contributed by atoms with Crippen molar-refractivity contribution in [2.45, 2.75) is 19.3 Å². The van der Waals surface area contributed by atoms with E-state index < -0.39 is 0 Å². The lowest BCUT2D eigenvalue weighted by molar-refractivity contribution is 0.661. The van der Waals surface area contributed by atoms with E-state index in [4.69, 9.17) is 4.98 Å². The van der Waals surface area contributed by atoms with Gasteiger partial charge in [0.1, 0.15) is 5.82 Å². The van der Waals surface area contributed by atoms with E-state index in [0.29, 0.717) is 0 Å². The second kappa shape index (κ2) is 8.78. The van der Waals surface area contributed by atoms with Crippen LogP contribution in [0.25, 0.3) is 66.6 Å². The number of aryl methyl sites for hydroxylation is 1. The molecule has 0 radical (unpaired) electrons. The number of hydrogen-bond acceptors (Lipinski definition) is 1. The van der Waals surface area contributed by atoms with E-state index in [9.17, 15) is 0 Å². The van der Waals surface area contributed by atoms with Crippen LogP contribution in [0.15, 0.2) is 127 Å². The molecule has 0 bridgehead atoms. The minimum atomic E-state index is -0.0890. The Morgan fingerprint density at radius 2 is 1.15 bits per heavy atom. The van der Waals surface area contributed by atoms with Crippen LogP contribution in [0, 0.1) is 0 Å². The summed E-state index contributed by atoms with van der Waals surface area (Å²) in [5, 5.41) is 2.58. The molecule has 1 heterocycles. The molecule has 0 N–H and O–H groups in total. The van der Waals surface area contributed by atoms with E-state index in [-0.39, 0.29) is 5.41 Å². The molecule has 8 rings (SSSR count). The van der Waals surface area contributed by atoms with Crippen molar-refractivity contribution >= 4 is 21.8 Å². The Kier molecular flexibility index (Phi) is 5.11. The second-order valence-electron chi connectivity index (χ2n) is 11.7. The Balaban J connectivity index is 1.16. The zero-order valence-electron chi connectivity index (χ0n) is 23.5. The first-order valence-corrected chi connectivity index (χ1v) is 14.3.